The molecule has 5 rings (SSSR count). The Balaban J connectivity index is 0.000000337. The summed E-state index contributed by atoms with van der Waals surface area (Å²) in [6.07, 6.45) is 3.95. The van der Waals surface area contributed by atoms with Crippen LogP contribution in [0.1, 0.15) is 93.0 Å². The first-order valence-electron chi connectivity index (χ1n) is 21.5. The number of amides is 4. The molecule has 0 bridgehead atoms. The smallest absolute Gasteiger partial charge is 0.410 e. The van der Waals surface area contributed by atoms with Crippen molar-refractivity contribution in [2.75, 3.05) is 81.0 Å². The zero-order valence-corrected chi connectivity index (χ0v) is 37.9. The maximum absolute atomic E-state index is 12.9. The molecule has 64 heavy (non-hydrogen) atoms. The van der Waals surface area contributed by atoms with Crippen LogP contribution >= 0.6 is 0 Å². The molecule has 3 aromatic carbocycles. The van der Waals surface area contributed by atoms with Gasteiger partial charge >= 0.3 is 12.2 Å². The van der Waals surface area contributed by atoms with E-state index >= 15 is 0 Å². The molecule has 0 spiro atoms. The Hall–Kier alpha value is -5.74. The van der Waals surface area contributed by atoms with Crippen molar-refractivity contribution in [2.45, 2.75) is 91.0 Å². The molecule has 16 heteroatoms. The molecule has 2 fully saturated rings. The third-order valence-corrected chi connectivity index (χ3v) is 9.98. The molecule has 2 atom stereocenters. The van der Waals surface area contributed by atoms with Crippen LogP contribution in [0.3, 0.4) is 0 Å². The highest BCUT2D eigenvalue weighted by molar-refractivity contribution is 5.95. The molecule has 0 aromatic heterocycles. The van der Waals surface area contributed by atoms with Crippen LogP contribution in [0.5, 0.6) is 23.0 Å². The second kappa shape index (κ2) is 27.4. The lowest BCUT2D eigenvalue weighted by Crippen LogP contribution is -2.50. The summed E-state index contributed by atoms with van der Waals surface area (Å²) in [6, 6.07) is 19.5. The second-order valence-corrected chi connectivity index (χ2v) is 16.2. The van der Waals surface area contributed by atoms with Crippen molar-refractivity contribution in [1.82, 2.24) is 20.4 Å². The molecule has 16 nitrogen and oxygen atoms in total. The lowest BCUT2D eigenvalue weighted by molar-refractivity contribution is 0.0185. The van der Waals surface area contributed by atoms with Crippen molar-refractivity contribution in [3.8, 4) is 23.0 Å². The number of hydrogen-bond donors (Lipinski definition) is 2. The van der Waals surface area contributed by atoms with Crippen LogP contribution in [0, 0.1) is 0 Å². The van der Waals surface area contributed by atoms with E-state index in [1.807, 2.05) is 51.1 Å². The van der Waals surface area contributed by atoms with Crippen molar-refractivity contribution in [1.29, 1.82) is 0 Å². The molecule has 2 N–H and O–H groups in total. The van der Waals surface area contributed by atoms with E-state index in [1.165, 1.54) is 0 Å². The zero-order valence-electron chi connectivity index (χ0n) is 37.9. The third-order valence-electron chi connectivity index (χ3n) is 9.98. The van der Waals surface area contributed by atoms with Gasteiger partial charge in [-0.05, 0) is 88.4 Å². The van der Waals surface area contributed by atoms with E-state index in [1.54, 1.807) is 74.6 Å². The van der Waals surface area contributed by atoms with Gasteiger partial charge in [0.05, 0.1) is 27.4 Å². The highest BCUT2D eigenvalue weighted by atomic mass is 16.6. The summed E-state index contributed by atoms with van der Waals surface area (Å²) in [5.74, 6) is 1.72. The van der Waals surface area contributed by atoms with Crippen LogP contribution in [0.2, 0.25) is 0 Å². The number of carbonyl (C=O) groups excluding carboxylic acids is 4. The first kappa shape index (κ1) is 52.6. The Morgan fingerprint density at radius 2 is 1.09 bits per heavy atom. The van der Waals surface area contributed by atoms with Crippen LogP contribution in [-0.2, 0) is 25.6 Å². The van der Waals surface area contributed by atoms with Gasteiger partial charge in [-0.3, -0.25) is 9.59 Å². The minimum Gasteiger partial charge on any atom is -0.493 e. The fourth-order valence-electron chi connectivity index (χ4n) is 6.83. The Morgan fingerprint density at radius 1 is 0.625 bits per heavy atom. The van der Waals surface area contributed by atoms with Gasteiger partial charge in [0.2, 0.25) is 0 Å². The molecule has 2 aliphatic rings. The SMILES string of the molecule is C.COCCCOc1cc(C(=O)N[C@@H]2CCCN(C(=O)OC(C)(C)C)C2)ccc1OC.COCCCOc1cc(C(=O)N[C@@H]2CCCN(C(=O)OCc3ccccc3)C2)ccc1OC. The molecule has 0 radical (unpaired) electrons. The van der Waals surface area contributed by atoms with Gasteiger partial charge in [-0.1, -0.05) is 37.8 Å². The fraction of sp³-hybridized carbons (Fsp3) is 0.542. The van der Waals surface area contributed by atoms with Crippen molar-refractivity contribution >= 4 is 24.0 Å². The largest absolute Gasteiger partial charge is 0.493 e. The maximum Gasteiger partial charge on any atom is 0.410 e. The number of benzene rings is 3. The normalized spacial score (nSPS) is 15.9. The van der Waals surface area contributed by atoms with Crippen molar-refractivity contribution in [3.63, 3.8) is 0 Å². The van der Waals surface area contributed by atoms with E-state index in [4.69, 9.17) is 37.9 Å². The summed E-state index contributed by atoms with van der Waals surface area (Å²) in [5, 5.41) is 6.05. The number of rotatable bonds is 18. The van der Waals surface area contributed by atoms with Gasteiger partial charge in [0.25, 0.3) is 11.8 Å². The average Bonchev–Trinajstić information content (AvgIpc) is 3.28. The summed E-state index contributed by atoms with van der Waals surface area (Å²) in [7, 11) is 6.40. The van der Waals surface area contributed by atoms with Gasteiger partial charge in [-0.2, -0.15) is 0 Å². The molecule has 0 aliphatic carbocycles. The number of hydrogen-bond acceptors (Lipinski definition) is 12. The molecule has 3 aromatic rings. The van der Waals surface area contributed by atoms with Gasteiger partial charge < -0.3 is 58.3 Å². The summed E-state index contributed by atoms with van der Waals surface area (Å²) in [6.45, 7) is 9.93. The molecule has 2 heterocycles. The number of likely N-dealkylation sites (tertiary alicyclic amines) is 2. The highest BCUT2D eigenvalue weighted by Gasteiger charge is 2.29. The predicted molar refractivity (Wildman–Crippen MR) is 244 cm³/mol. The lowest BCUT2D eigenvalue weighted by atomic mass is 10.1. The van der Waals surface area contributed by atoms with Crippen molar-refractivity contribution in [3.05, 3.63) is 83.4 Å². The molecule has 2 saturated heterocycles. The van der Waals surface area contributed by atoms with Gasteiger partial charge in [-0.15, -0.1) is 0 Å². The Kier molecular flexibility index (Phi) is 22.6. The number of ether oxygens (including phenoxy) is 8. The quantitative estimate of drug-likeness (QED) is 0.121. The number of methoxy groups -OCH3 is 4. The van der Waals surface area contributed by atoms with E-state index in [2.05, 4.69) is 10.6 Å². The number of nitrogens with zero attached hydrogens (tertiary/aromatic N) is 2. The average molecular weight is 895 g/mol. The topological polar surface area (TPSA) is 173 Å². The van der Waals surface area contributed by atoms with Crippen LogP contribution < -0.4 is 29.6 Å². The van der Waals surface area contributed by atoms with Gasteiger partial charge in [0.15, 0.2) is 23.0 Å². The van der Waals surface area contributed by atoms with Gasteiger partial charge in [0.1, 0.15) is 12.2 Å². The summed E-state index contributed by atoms with van der Waals surface area (Å²) in [4.78, 5) is 53.8. The Bertz CT molecular complexity index is 1890. The first-order chi connectivity index (χ1) is 30.3. The van der Waals surface area contributed by atoms with E-state index in [0.717, 1.165) is 44.1 Å². The van der Waals surface area contributed by atoms with Crippen LogP contribution in [-0.4, -0.2) is 133 Å². The van der Waals surface area contributed by atoms with Crippen molar-refractivity contribution < 1.29 is 57.1 Å². The summed E-state index contributed by atoms with van der Waals surface area (Å²) in [5.41, 5.74) is 1.34. The van der Waals surface area contributed by atoms with Crippen LogP contribution in [0.15, 0.2) is 66.7 Å². The minimum atomic E-state index is -0.546. The second-order valence-electron chi connectivity index (χ2n) is 16.2. The maximum atomic E-state index is 12.9. The Morgan fingerprint density at radius 3 is 1.53 bits per heavy atom. The van der Waals surface area contributed by atoms with Crippen LogP contribution in [0.25, 0.3) is 0 Å². The molecular formula is C48H70N4O12. The van der Waals surface area contributed by atoms with E-state index in [0.29, 0.717) is 86.7 Å². The summed E-state index contributed by atoms with van der Waals surface area (Å²) < 4.78 is 43.1. The van der Waals surface area contributed by atoms with E-state index < -0.39 is 5.60 Å². The number of carbonyl (C=O) groups is 4. The first-order valence-corrected chi connectivity index (χ1v) is 21.5. The van der Waals surface area contributed by atoms with Gasteiger partial charge in [-0.25, -0.2) is 9.59 Å². The highest BCUT2D eigenvalue weighted by Crippen LogP contribution is 2.30. The molecule has 2 aliphatic heterocycles. The standard InChI is InChI=1S/C25H32N2O6.C22H34N2O6.CH4/c1-30-14-7-15-32-23-16-20(11-12-22(23)31-2)24(28)26-21-10-6-13-27(17-21)25(29)33-18-19-8-4-3-5-9-19;1-22(2,3)30-21(26)24-11-6-8-17(15-24)23-20(25)16-9-10-18(28-5)19(14-16)29-13-7-12-27-4;/h3-5,8-9,11-12,16,21H,6-7,10,13-15,17-18H2,1-2H3,(H,26,28);9-10,14,17H,6-8,11-13,15H2,1-5H3,(H,23,25);1H4/t21-;17-;/m11./s1. The lowest BCUT2D eigenvalue weighted by Gasteiger charge is -2.34. The molecular weight excluding hydrogens is 825 g/mol. The molecule has 4 amide bonds. The predicted octanol–water partition coefficient (Wildman–Crippen LogP) is 7.52. The summed E-state index contributed by atoms with van der Waals surface area (Å²) >= 11 is 0. The van der Waals surface area contributed by atoms with E-state index in [-0.39, 0.29) is 50.1 Å². The minimum absolute atomic E-state index is 0. The molecule has 0 unspecified atom stereocenters. The Labute approximate surface area is 379 Å². The van der Waals surface area contributed by atoms with Crippen LogP contribution in [0.4, 0.5) is 9.59 Å². The third kappa shape index (κ3) is 17.8. The molecule has 0 saturated carbocycles. The van der Waals surface area contributed by atoms with Gasteiger partial charge in [0, 0.05) is 89.7 Å². The molecule has 354 valence electrons. The van der Waals surface area contributed by atoms with E-state index in [9.17, 15) is 19.2 Å². The fourth-order valence-corrected chi connectivity index (χ4v) is 6.83. The monoisotopic (exact) mass is 894 g/mol. The number of piperidine rings is 2. The van der Waals surface area contributed by atoms with Crippen molar-refractivity contribution in [2.24, 2.45) is 0 Å². The zero-order chi connectivity index (χ0) is 45.6. The number of nitrogens with one attached hydrogen (secondary N) is 2.